The van der Waals surface area contributed by atoms with E-state index in [2.05, 4.69) is 14.9 Å². The Bertz CT molecular complexity index is 985. The summed E-state index contributed by atoms with van der Waals surface area (Å²) in [6.07, 6.45) is 0.300. The van der Waals surface area contributed by atoms with Crippen LogP contribution in [0.1, 0.15) is 11.5 Å². The molecule has 0 saturated carbocycles. The summed E-state index contributed by atoms with van der Waals surface area (Å²) in [5.74, 6) is 1.40. The summed E-state index contributed by atoms with van der Waals surface area (Å²) in [6.45, 7) is 1.88. The SMILES string of the molecule is COc1ccc(S(=O)(=O)NCCc2nnc(-c3ccccc3)o2)c(C)c1. The van der Waals surface area contributed by atoms with Gasteiger partial charge in [0.1, 0.15) is 5.75 Å². The largest absolute Gasteiger partial charge is 0.497 e. The number of aromatic nitrogens is 2. The van der Waals surface area contributed by atoms with E-state index in [0.29, 0.717) is 29.5 Å². The van der Waals surface area contributed by atoms with Gasteiger partial charge in [-0.05, 0) is 42.8 Å². The minimum atomic E-state index is -3.63. The predicted octanol–water partition coefficient (Wildman–Crippen LogP) is 2.57. The number of aryl methyl sites for hydroxylation is 1. The van der Waals surface area contributed by atoms with E-state index in [4.69, 9.17) is 9.15 Å². The van der Waals surface area contributed by atoms with Crippen molar-refractivity contribution in [2.45, 2.75) is 18.2 Å². The average Bonchev–Trinajstić information content (AvgIpc) is 3.11. The van der Waals surface area contributed by atoms with Crippen LogP contribution in [0.5, 0.6) is 5.75 Å². The van der Waals surface area contributed by atoms with Crippen LogP contribution in [0.2, 0.25) is 0 Å². The van der Waals surface area contributed by atoms with Gasteiger partial charge in [-0.3, -0.25) is 0 Å². The van der Waals surface area contributed by atoms with Crippen molar-refractivity contribution >= 4 is 10.0 Å². The van der Waals surface area contributed by atoms with Gasteiger partial charge in [0.05, 0.1) is 12.0 Å². The van der Waals surface area contributed by atoms with Crippen molar-refractivity contribution in [3.8, 4) is 17.2 Å². The molecule has 1 aromatic heterocycles. The number of sulfonamides is 1. The van der Waals surface area contributed by atoms with Gasteiger partial charge in [-0.25, -0.2) is 13.1 Å². The van der Waals surface area contributed by atoms with Crippen LogP contribution in [0.3, 0.4) is 0 Å². The minimum Gasteiger partial charge on any atom is -0.497 e. The van der Waals surface area contributed by atoms with E-state index in [9.17, 15) is 8.42 Å². The normalized spacial score (nSPS) is 11.5. The van der Waals surface area contributed by atoms with Gasteiger partial charge in [-0.1, -0.05) is 18.2 Å². The van der Waals surface area contributed by atoms with Crippen molar-refractivity contribution in [3.05, 3.63) is 60.0 Å². The van der Waals surface area contributed by atoms with Gasteiger partial charge in [0.25, 0.3) is 0 Å². The molecule has 136 valence electrons. The van der Waals surface area contributed by atoms with E-state index in [1.165, 1.54) is 13.2 Å². The van der Waals surface area contributed by atoms with Crippen LogP contribution in [-0.2, 0) is 16.4 Å². The third-order valence-corrected chi connectivity index (χ3v) is 5.41. The second-order valence-electron chi connectivity index (χ2n) is 5.65. The molecule has 8 heteroatoms. The summed E-state index contributed by atoms with van der Waals surface area (Å²) in [7, 11) is -2.09. The number of methoxy groups -OCH3 is 1. The molecule has 0 radical (unpaired) electrons. The first-order valence-electron chi connectivity index (χ1n) is 8.02. The summed E-state index contributed by atoms with van der Waals surface area (Å²) >= 11 is 0. The fraction of sp³-hybridized carbons (Fsp3) is 0.222. The Morgan fingerprint density at radius 2 is 1.88 bits per heavy atom. The van der Waals surface area contributed by atoms with Crippen molar-refractivity contribution in [1.82, 2.24) is 14.9 Å². The maximum Gasteiger partial charge on any atom is 0.247 e. The van der Waals surface area contributed by atoms with Gasteiger partial charge in [0.2, 0.25) is 21.8 Å². The van der Waals surface area contributed by atoms with Crippen LogP contribution < -0.4 is 9.46 Å². The lowest BCUT2D eigenvalue weighted by molar-refractivity contribution is 0.414. The molecule has 1 N–H and O–H groups in total. The Kier molecular flexibility index (Phi) is 5.34. The molecule has 0 fully saturated rings. The maximum absolute atomic E-state index is 12.5. The van der Waals surface area contributed by atoms with Gasteiger partial charge in [0.15, 0.2) is 0 Å². The molecule has 0 unspecified atom stereocenters. The molecule has 0 bridgehead atoms. The number of rotatable bonds is 7. The van der Waals surface area contributed by atoms with Crippen LogP contribution >= 0.6 is 0 Å². The van der Waals surface area contributed by atoms with Crippen LogP contribution in [-0.4, -0.2) is 32.3 Å². The second kappa shape index (κ2) is 7.67. The lowest BCUT2D eigenvalue weighted by atomic mass is 10.2. The zero-order valence-electron chi connectivity index (χ0n) is 14.5. The van der Waals surface area contributed by atoms with E-state index < -0.39 is 10.0 Å². The zero-order valence-corrected chi connectivity index (χ0v) is 15.3. The smallest absolute Gasteiger partial charge is 0.247 e. The van der Waals surface area contributed by atoms with Gasteiger partial charge < -0.3 is 9.15 Å². The Morgan fingerprint density at radius 1 is 1.12 bits per heavy atom. The molecular formula is C18H19N3O4S. The van der Waals surface area contributed by atoms with Crippen molar-refractivity contribution in [2.75, 3.05) is 13.7 Å². The molecule has 0 aliphatic heterocycles. The molecular weight excluding hydrogens is 354 g/mol. The molecule has 26 heavy (non-hydrogen) atoms. The van der Waals surface area contributed by atoms with E-state index >= 15 is 0 Å². The summed E-state index contributed by atoms with van der Waals surface area (Å²) in [4.78, 5) is 0.216. The van der Waals surface area contributed by atoms with Gasteiger partial charge in [-0.15, -0.1) is 10.2 Å². The van der Waals surface area contributed by atoms with Gasteiger partial charge in [0, 0.05) is 18.5 Å². The quantitative estimate of drug-likeness (QED) is 0.684. The Morgan fingerprint density at radius 3 is 2.58 bits per heavy atom. The molecule has 7 nitrogen and oxygen atoms in total. The van der Waals surface area contributed by atoms with Crippen molar-refractivity contribution in [1.29, 1.82) is 0 Å². The minimum absolute atomic E-state index is 0.157. The topological polar surface area (TPSA) is 94.3 Å². The lowest BCUT2D eigenvalue weighted by Crippen LogP contribution is -2.26. The first-order chi connectivity index (χ1) is 12.5. The van der Waals surface area contributed by atoms with E-state index in [-0.39, 0.29) is 11.4 Å². The molecule has 0 saturated heterocycles. The summed E-state index contributed by atoms with van der Waals surface area (Å²) in [5, 5.41) is 7.94. The van der Waals surface area contributed by atoms with Crippen LogP contribution in [0.4, 0.5) is 0 Å². The molecule has 3 aromatic rings. The molecule has 3 rings (SSSR count). The highest BCUT2D eigenvalue weighted by Gasteiger charge is 2.17. The molecule has 2 aromatic carbocycles. The lowest BCUT2D eigenvalue weighted by Gasteiger charge is -2.09. The Hall–Kier alpha value is -2.71. The maximum atomic E-state index is 12.5. The van der Waals surface area contributed by atoms with Crippen molar-refractivity contribution in [3.63, 3.8) is 0 Å². The second-order valence-corrected chi connectivity index (χ2v) is 7.38. The fourth-order valence-corrected chi connectivity index (χ4v) is 3.73. The molecule has 0 aliphatic carbocycles. The van der Waals surface area contributed by atoms with E-state index in [1.807, 2.05) is 30.3 Å². The zero-order chi connectivity index (χ0) is 18.6. The monoisotopic (exact) mass is 373 g/mol. The molecule has 0 aliphatic rings. The van der Waals surface area contributed by atoms with E-state index in [0.717, 1.165) is 5.56 Å². The van der Waals surface area contributed by atoms with Crippen LogP contribution in [0, 0.1) is 6.92 Å². The van der Waals surface area contributed by atoms with Crippen LogP contribution in [0.25, 0.3) is 11.5 Å². The number of benzene rings is 2. The molecule has 0 spiro atoms. The highest BCUT2D eigenvalue weighted by Crippen LogP contribution is 2.21. The third-order valence-electron chi connectivity index (χ3n) is 3.79. The first kappa shape index (κ1) is 18.1. The number of hydrogen-bond acceptors (Lipinski definition) is 6. The Labute approximate surface area is 152 Å². The standard InChI is InChI=1S/C18H19N3O4S/c1-13-12-15(24-2)8-9-16(13)26(22,23)19-11-10-17-20-21-18(25-17)14-6-4-3-5-7-14/h3-9,12,19H,10-11H2,1-2H3. The molecule has 0 amide bonds. The van der Waals surface area contributed by atoms with Crippen LogP contribution in [0.15, 0.2) is 57.8 Å². The molecule has 1 heterocycles. The first-order valence-corrected chi connectivity index (χ1v) is 9.50. The predicted molar refractivity (Wildman–Crippen MR) is 96.4 cm³/mol. The number of hydrogen-bond donors (Lipinski definition) is 1. The van der Waals surface area contributed by atoms with Gasteiger partial charge >= 0.3 is 0 Å². The highest BCUT2D eigenvalue weighted by atomic mass is 32.2. The third kappa shape index (κ3) is 4.09. The molecule has 0 atom stereocenters. The number of nitrogens with one attached hydrogen (secondary N) is 1. The van der Waals surface area contributed by atoms with Crippen molar-refractivity contribution in [2.24, 2.45) is 0 Å². The van der Waals surface area contributed by atoms with E-state index in [1.54, 1.807) is 19.1 Å². The number of nitrogens with zero attached hydrogens (tertiary/aromatic N) is 2. The van der Waals surface area contributed by atoms with Gasteiger partial charge in [-0.2, -0.15) is 0 Å². The number of ether oxygens (including phenoxy) is 1. The summed E-state index contributed by atoms with van der Waals surface area (Å²) < 4.78 is 38.1. The van der Waals surface area contributed by atoms with Crippen molar-refractivity contribution < 1.29 is 17.6 Å². The Balaban J connectivity index is 1.63. The highest BCUT2D eigenvalue weighted by molar-refractivity contribution is 7.89. The fourth-order valence-electron chi connectivity index (χ4n) is 2.47. The average molecular weight is 373 g/mol. The summed E-state index contributed by atoms with van der Waals surface area (Å²) in [6, 6.07) is 14.2. The summed E-state index contributed by atoms with van der Waals surface area (Å²) in [5.41, 5.74) is 1.43.